The number of fused-ring (bicyclic) bond motifs is 2. The lowest BCUT2D eigenvalue weighted by molar-refractivity contribution is 0.102. The van der Waals surface area contributed by atoms with Gasteiger partial charge in [0.1, 0.15) is 5.56 Å². The average Bonchev–Trinajstić information content (AvgIpc) is 3.38. The second kappa shape index (κ2) is 7.21. The van der Waals surface area contributed by atoms with Crippen molar-refractivity contribution in [2.24, 2.45) is 0 Å². The molecule has 0 atom stereocenters. The maximum absolute atomic E-state index is 12.9. The van der Waals surface area contributed by atoms with Gasteiger partial charge in [-0.2, -0.15) is 0 Å². The molecule has 5 rings (SSSR count). The van der Waals surface area contributed by atoms with Gasteiger partial charge in [0.05, 0.1) is 12.2 Å². The van der Waals surface area contributed by atoms with E-state index in [1.807, 2.05) is 0 Å². The summed E-state index contributed by atoms with van der Waals surface area (Å²) < 4.78 is 16.8. The van der Waals surface area contributed by atoms with E-state index in [0.29, 0.717) is 17.1 Å². The molecule has 10 nitrogen and oxygen atoms in total. The molecule has 2 aromatic heterocycles. The average molecular weight is 410 g/mol. The van der Waals surface area contributed by atoms with Crippen molar-refractivity contribution in [2.75, 3.05) is 12.1 Å². The van der Waals surface area contributed by atoms with Crippen LogP contribution in [0, 0.1) is 0 Å². The quantitative estimate of drug-likeness (QED) is 0.666. The van der Waals surface area contributed by atoms with E-state index in [4.69, 9.17) is 14.0 Å². The molecule has 154 valence electrons. The molecule has 2 N–H and O–H groups in total. The van der Waals surface area contributed by atoms with Crippen LogP contribution in [-0.2, 0) is 19.4 Å². The predicted molar refractivity (Wildman–Crippen MR) is 104 cm³/mol. The lowest BCUT2D eigenvalue weighted by Crippen LogP contribution is -2.39. The monoisotopic (exact) mass is 410 g/mol. The molecule has 0 saturated heterocycles. The fourth-order valence-electron chi connectivity index (χ4n) is 3.70. The molecule has 30 heavy (non-hydrogen) atoms. The number of ether oxygens (including phenoxy) is 2. The van der Waals surface area contributed by atoms with Crippen LogP contribution in [-0.4, -0.2) is 27.4 Å². The number of rotatable bonds is 4. The molecule has 0 spiro atoms. The van der Waals surface area contributed by atoms with Crippen molar-refractivity contribution >= 4 is 11.8 Å². The van der Waals surface area contributed by atoms with Gasteiger partial charge in [-0.3, -0.25) is 19.5 Å². The number of H-pyrrole nitrogens is 1. The standard InChI is InChI=1S/C20H18N4O6/c25-17(22-18-12-3-1-2-4-14(12)23-30-18)13-8-21-20(27)24(19(13)26)9-11-5-6-15-16(7-11)29-10-28-15/h5-8H,1-4,9-10H2,(H,21,27)(H,22,25). The van der Waals surface area contributed by atoms with Crippen molar-refractivity contribution < 1.29 is 18.8 Å². The number of aromatic amines is 1. The van der Waals surface area contributed by atoms with Gasteiger partial charge in [0.2, 0.25) is 12.7 Å². The van der Waals surface area contributed by atoms with Gasteiger partial charge in [-0.05, 0) is 43.4 Å². The molecule has 0 radical (unpaired) electrons. The second-order valence-corrected chi connectivity index (χ2v) is 7.18. The van der Waals surface area contributed by atoms with Crippen LogP contribution in [0.4, 0.5) is 5.88 Å². The summed E-state index contributed by atoms with van der Waals surface area (Å²) in [6, 6.07) is 5.13. The Morgan fingerprint density at radius 3 is 2.90 bits per heavy atom. The Bertz CT molecular complexity index is 1250. The molecular formula is C20H18N4O6. The number of hydrogen-bond donors (Lipinski definition) is 2. The highest BCUT2D eigenvalue weighted by atomic mass is 16.7. The molecular weight excluding hydrogens is 392 g/mol. The summed E-state index contributed by atoms with van der Waals surface area (Å²) in [5.74, 6) is 0.729. The van der Waals surface area contributed by atoms with E-state index in [9.17, 15) is 14.4 Å². The molecule has 0 saturated carbocycles. The number of nitrogens with zero attached hydrogens (tertiary/aromatic N) is 2. The first-order valence-corrected chi connectivity index (χ1v) is 9.60. The van der Waals surface area contributed by atoms with Gasteiger partial charge in [0, 0.05) is 11.8 Å². The van der Waals surface area contributed by atoms with Gasteiger partial charge < -0.3 is 19.0 Å². The zero-order valence-corrected chi connectivity index (χ0v) is 15.9. The first-order valence-electron chi connectivity index (χ1n) is 9.60. The fourth-order valence-corrected chi connectivity index (χ4v) is 3.70. The van der Waals surface area contributed by atoms with Crippen LogP contribution in [0.3, 0.4) is 0 Å². The number of amides is 1. The predicted octanol–water partition coefficient (Wildman–Crippen LogP) is 1.43. The third-order valence-electron chi connectivity index (χ3n) is 5.27. The molecule has 10 heteroatoms. The van der Waals surface area contributed by atoms with E-state index >= 15 is 0 Å². The van der Waals surface area contributed by atoms with Gasteiger partial charge in [0.25, 0.3) is 11.5 Å². The summed E-state index contributed by atoms with van der Waals surface area (Å²) in [4.78, 5) is 40.3. The van der Waals surface area contributed by atoms with Crippen molar-refractivity contribution in [3.63, 3.8) is 0 Å². The third kappa shape index (κ3) is 3.15. The Morgan fingerprint density at radius 1 is 1.17 bits per heavy atom. The van der Waals surface area contributed by atoms with Crippen molar-refractivity contribution in [2.45, 2.75) is 32.2 Å². The summed E-state index contributed by atoms with van der Waals surface area (Å²) in [6.45, 7) is 0.101. The SMILES string of the molecule is O=C(Nc1onc2c1CCCC2)c1c[nH]c(=O)n(Cc2ccc3c(c2)OCO3)c1=O. The van der Waals surface area contributed by atoms with Crippen LogP contribution in [0.1, 0.15) is 40.0 Å². The van der Waals surface area contributed by atoms with E-state index in [0.717, 1.165) is 47.7 Å². The Morgan fingerprint density at radius 2 is 2.00 bits per heavy atom. The number of aryl methyl sites for hydroxylation is 1. The number of carbonyl (C=O) groups excluding carboxylic acids is 1. The van der Waals surface area contributed by atoms with Crippen molar-refractivity contribution in [3.8, 4) is 11.5 Å². The summed E-state index contributed by atoms with van der Waals surface area (Å²) >= 11 is 0. The molecule has 1 amide bonds. The highest BCUT2D eigenvalue weighted by Crippen LogP contribution is 2.32. The highest BCUT2D eigenvalue weighted by molar-refractivity contribution is 6.03. The van der Waals surface area contributed by atoms with E-state index in [1.54, 1.807) is 18.2 Å². The molecule has 3 aromatic rings. The molecule has 0 fully saturated rings. The molecule has 1 aliphatic carbocycles. The Hall–Kier alpha value is -3.82. The molecule has 0 bridgehead atoms. The maximum atomic E-state index is 12.9. The number of aromatic nitrogens is 3. The lowest BCUT2D eigenvalue weighted by Gasteiger charge is -2.10. The largest absolute Gasteiger partial charge is 0.454 e. The maximum Gasteiger partial charge on any atom is 0.328 e. The number of carbonyl (C=O) groups is 1. The van der Waals surface area contributed by atoms with Crippen molar-refractivity contribution in [1.29, 1.82) is 0 Å². The molecule has 3 heterocycles. The van der Waals surface area contributed by atoms with E-state index in [2.05, 4.69) is 15.5 Å². The van der Waals surface area contributed by atoms with E-state index < -0.39 is 17.2 Å². The molecule has 1 aliphatic heterocycles. The Balaban J connectivity index is 1.43. The first-order chi connectivity index (χ1) is 14.6. The molecule has 1 aromatic carbocycles. The van der Waals surface area contributed by atoms with Crippen molar-refractivity contribution in [3.05, 3.63) is 67.6 Å². The third-order valence-corrected chi connectivity index (χ3v) is 5.27. The fraction of sp³-hybridized carbons (Fsp3) is 0.300. The van der Waals surface area contributed by atoms with Gasteiger partial charge in [-0.15, -0.1) is 0 Å². The first kappa shape index (κ1) is 18.2. The summed E-state index contributed by atoms with van der Waals surface area (Å²) in [6.07, 6.45) is 4.68. The minimum absolute atomic E-state index is 0.0242. The summed E-state index contributed by atoms with van der Waals surface area (Å²) in [7, 11) is 0. The van der Waals surface area contributed by atoms with Crippen molar-refractivity contribution in [1.82, 2.24) is 14.7 Å². The van der Waals surface area contributed by atoms with Gasteiger partial charge in [0.15, 0.2) is 11.5 Å². The smallest absolute Gasteiger partial charge is 0.328 e. The Kier molecular flexibility index (Phi) is 4.38. The zero-order valence-electron chi connectivity index (χ0n) is 15.9. The molecule has 2 aliphatic rings. The number of benzene rings is 1. The zero-order chi connectivity index (χ0) is 20.7. The van der Waals surface area contributed by atoms with Crippen LogP contribution >= 0.6 is 0 Å². The van der Waals surface area contributed by atoms with Crippen LogP contribution < -0.4 is 26.0 Å². The van der Waals surface area contributed by atoms with E-state index in [-0.39, 0.29) is 24.8 Å². The minimum Gasteiger partial charge on any atom is -0.454 e. The van der Waals surface area contributed by atoms with Gasteiger partial charge >= 0.3 is 5.69 Å². The number of hydrogen-bond acceptors (Lipinski definition) is 7. The Labute approximate surface area is 169 Å². The minimum atomic E-state index is -0.706. The van der Waals surface area contributed by atoms with Crippen LogP contribution in [0.2, 0.25) is 0 Å². The van der Waals surface area contributed by atoms with E-state index in [1.165, 1.54) is 0 Å². The topological polar surface area (TPSA) is 128 Å². The lowest BCUT2D eigenvalue weighted by atomic mass is 9.98. The van der Waals surface area contributed by atoms with Gasteiger partial charge in [-0.1, -0.05) is 11.2 Å². The van der Waals surface area contributed by atoms with Gasteiger partial charge in [-0.25, -0.2) is 4.79 Å². The summed E-state index contributed by atoms with van der Waals surface area (Å²) in [5.41, 5.74) is 0.830. The molecule has 0 unspecified atom stereocenters. The highest BCUT2D eigenvalue weighted by Gasteiger charge is 2.23. The second-order valence-electron chi connectivity index (χ2n) is 7.18. The van der Waals surface area contributed by atoms with Crippen LogP contribution in [0.15, 0.2) is 38.5 Å². The van der Waals surface area contributed by atoms with Crippen LogP contribution in [0.25, 0.3) is 0 Å². The summed E-state index contributed by atoms with van der Waals surface area (Å²) in [5, 5.41) is 6.60. The normalized spacial score (nSPS) is 14.4. The van der Waals surface area contributed by atoms with Crippen LogP contribution in [0.5, 0.6) is 11.5 Å². The number of nitrogens with one attached hydrogen (secondary N) is 2. The number of anilines is 1.